The van der Waals surface area contributed by atoms with Crippen molar-refractivity contribution in [1.29, 1.82) is 0 Å². The first-order valence-corrected chi connectivity index (χ1v) is 30.7. The van der Waals surface area contributed by atoms with Gasteiger partial charge in [0, 0.05) is 64.8 Å². The number of hydrogen-bond donors (Lipinski definition) is 6. The van der Waals surface area contributed by atoms with Gasteiger partial charge in [0.05, 0.1) is 37.5 Å². The van der Waals surface area contributed by atoms with E-state index < -0.39 is 70.9 Å². The Balaban J connectivity index is 0.000000363. The van der Waals surface area contributed by atoms with Gasteiger partial charge in [-0.25, -0.2) is 27.2 Å². The number of rotatable bonds is 15. The number of carbonyl (C=O) groups is 2. The van der Waals surface area contributed by atoms with Gasteiger partial charge in [-0.1, -0.05) is 53.7 Å². The Hall–Kier alpha value is -3.78. The maximum atomic E-state index is 13.8. The Morgan fingerprint density at radius 3 is 1.36 bits per heavy atom. The van der Waals surface area contributed by atoms with Crippen molar-refractivity contribution in [2.75, 3.05) is 26.3 Å². The normalized spacial score (nSPS) is 16.7. The third-order valence-electron chi connectivity index (χ3n) is 11.1. The number of fused-ring (bicyclic) bond motifs is 2. The topological polar surface area (TPSA) is 160 Å². The summed E-state index contributed by atoms with van der Waals surface area (Å²) in [4.78, 5) is 24.9. The van der Waals surface area contributed by atoms with E-state index in [9.17, 15) is 37.4 Å². The molecule has 6 rings (SSSR count). The molecule has 4 aromatic rings. The molecule has 2 aliphatic rings. The number of ether oxygens (including phenoxy) is 4. The van der Waals surface area contributed by atoms with Gasteiger partial charge in [-0.15, -0.1) is 0 Å². The fourth-order valence-corrected chi connectivity index (χ4v) is 8.73. The average molecular weight is 1270 g/mol. The summed E-state index contributed by atoms with van der Waals surface area (Å²) in [6.07, 6.45) is -1.11. The maximum absolute atomic E-state index is 13.8. The van der Waals surface area contributed by atoms with Crippen LogP contribution in [0.2, 0.25) is 0 Å². The van der Waals surface area contributed by atoms with Crippen molar-refractivity contribution in [3.63, 3.8) is 0 Å². The number of aliphatic hydroxyl groups is 2. The Morgan fingerprint density at radius 1 is 0.636 bits per heavy atom. The molecule has 0 radical (unpaired) electrons. The van der Waals surface area contributed by atoms with Crippen LogP contribution in [0.3, 0.4) is 0 Å². The second-order valence-corrected chi connectivity index (χ2v) is 24.9. The summed E-state index contributed by atoms with van der Waals surface area (Å²) in [6, 6.07) is 16.7. The number of amides is 2. The summed E-state index contributed by atoms with van der Waals surface area (Å²) >= 11 is 3.08. The molecule has 4 unspecified atom stereocenters. The fraction of sp³-hybridized carbons (Fsp3) is 0.534. The van der Waals surface area contributed by atoms with E-state index in [1.54, 1.807) is 41.5 Å². The summed E-state index contributed by atoms with van der Waals surface area (Å²) in [5, 5.41) is 34.1. The van der Waals surface area contributed by atoms with Gasteiger partial charge in [0.25, 0.3) is 0 Å². The third-order valence-corrected chi connectivity index (χ3v) is 11.8. The van der Waals surface area contributed by atoms with E-state index in [2.05, 4.69) is 104 Å². The summed E-state index contributed by atoms with van der Waals surface area (Å²) in [6.45, 7) is 28.3. The Bertz CT molecular complexity index is 2460. The van der Waals surface area contributed by atoms with Gasteiger partial charge in [-0.2, -0.15) is 5.41 Å². The molecule has 0 saturated carbocycles. The van der Waals surface area contributed by atoms with Crippen LogP contribution in [-0.2, 0) is 46.0 Å². The molecule has 0 aromatic heterocycles. The molecule has 12 nitrogen and oxygen atoms in total. The van der Waals surface area contributed by atoms with Gasteiger partial charge >= 0.3 is 39.2 Å². The van der Waals surface area contributed by atoms with Gasteiger partial charge in [-0.05, 0) is 154 Å². The minimum atomic E-state index is -1.05. The van der Waals surface area contributed by atoms with Crippen LogP contribution in [0, 0.1) is 44.6 Å². The summed E-state index contributed by atoms with van der Waals surface area (Å²) in [5.41, 5.74) is 2.81. The van der Waals surface area contributed by atoms with Crippen LogP contribution in [0.15, 0.2) is 72.8 Å². The summed E-state index contributed by atoms with van der Waals surface area (Å²) in [7, 11) is 4.76. The van der Waals surface area contributed by atoms with Gasteiger partial charge in [0.1, 0.15) is 46.0 Å². The molecule has 6 N–H and O–H groups in total. The Kier molecular flexibility index (Phi) is 26.9. The van der Waals surface area contributed by atoms with Crippen LogP contribution in [0.1, 0.15) is 136 Å². The van der Waals surface area contributed by atoms with Crippen molar-refractivity contribution in [2.24, 2.45) is 10.8 Å². The standard InChI is InChI=1S/C29H40F2N2O4.C24H29F2IN2O4.C5H11.ClH.Zn/c1-28(2,3)16-18-7-8-26-22(13-18)23(9-10-36-26)32-17-25(34)24(33-27(35)37-29(4,5)6)14-19-11-20(30)15-21(31)12-19;1-24(2,3)33-23(31)29-20(10-14-8-15(25)11-16(26)9-14)21(30)13-28-19-6-7-32-22-5-4-17(27)12-18(19)22;1-5(2,3)4;;/h7-8,11-13,15,23-25,32,34H,9-10,14,16-17H2,1-6H3,(H,33,35);4-5,8-9,11-12,19-21,28,30H,6-7,10,13H2,1-3H3,(H,29,31);1H2,2-4H3;1H;/q;;-1;;+2/p-1/t23?,24?,25-;19?,20?,21-;;;/m11.../s1. The molecule has 0 spiro atoms. The van der Waals surface area contributed by atoms with E-state index in [0.29, 0.717) is 24.3 Å². The van der Waals surface area contributed by atoms with Crippen LogP contribution in [0.5, 0.6) is 11.5 Å². The monoisotopic (exact) mass is 1260 g/mol. The molecule has 77 heavy (non-hydrogen) atoms. The third kappa shape index (κ3) is 26.8. The Labute approximate surface area is 482 Å². The zero-order valence-electron chi connectivity index (χ0n) is 46.8. The first-order chi connectivity index (χ1) is 35.7. The van der Waals surface area contributed by atoms with Crippen molar-refractivity contribution in [3.05, 3.63) is 134 Å². The Morgan fingerprint density at radius 2 is 1.00 bits per heavy atom. The number of aliphatic hydroxyl groups excluding tert-OH is 2. The van der Waals surface area contributed by atoms with Crippen molar-refractivity contribution < 1.29 is 73.6 Å². The number of alkyl carbamates (subject to hydrolysis) is 2. The predicted molar refractivity (Wildman–Crippen MR) is 300 cm³/mol. The zero-order chi connectivity index (χ0) is 58.1. The molecular weight excluding hydrogens is 1180 g/mol. The molecule has 0 bridgehead atoms. The van der Waals surface area contributed by atoms with Crippen molar-refractivity contribution in [2.45, 2.75) is 163 Å². The number of halogens is 6. The average Bonchev–Trinajstić information content (AvgIpc) is 3.27. The van der Waals surface area contributed by atoms with Crippen molar-refractivity contribution in [1.82, 2.24) is 21.3 Å². The number of nitrogens with one attached hydrogen (secondary N) is 4. The zero-order valence-corrected chi connectivity index (χ0v) is 52.7. The van der Waals surface area contributed by atoms with Crippen LogP contribution in [0.25, 0.3) is 0 Å². The van der Waals surface area contributed by atoms with E-state index in [0.717, 1.165) is 74.9 Å². The second-order valence-electron chi connectivity index (χ2n) is 23.7. The minimum absolute atomic E-state index is 0.0247. The van der Waals surface area contributed by atoms with Crippen LogP contribution >= 0.6 is 32.3 Å². The molecule has 2 heterocycles. The van der Waals surface area contributed by atoms with E-state index in [1.807, 2.05) is 24.3 Å². The second kappa shape index (κ2) is 30.7. The van der Waals surface area contributed by atoms with Crippen LogP contribution < -0.4 is 30.7 Å². The number of carbonyl (C=O) groups excluding carboxylic acids is 2. The fourth-order valence-electron chi connectivity index (χ4n) is 8.22. The van der Waals surface area contributed by atoms with E-state index in [-0.39, 0.29) is 48.8 Å². The first kappa shape index (κ1) is 67.5. The molecule has 0 aliphatic carbocycles. The van der Waals surface area contributed by atoms with Gasteiger partial charge in [0.15, 0.2) is 0 Å². The molecule has 4 aromatic carbocycles. The predicted octanol–water partition coefficient (Wildman–Crippen LogP) is 12.5. The molecule has 0 fully saturated rings. The van der Waals surface area contributed by atoms with Gasteiger partial charge in [-0.3, -0.25) is 0 Å². The number of benzene rings is 4. The molecule has 2 amide bonds. The number of hydrogen-bond acceptors (Lipinski definition) is 10. The van der Waals surface area contributed by atoms with Gasteiger partial charge in [0.2, 0.25) is 0 Å². The molecule has 424 valence electrons. The molecule has 6 atom stereocenters. The van der Waals surface area contributed by atoms with Crippen molar-refractivity contribution in [3.8, 4) is 11.5 Å². The van der Waals surface area contributed by atoms with Crippen molar-refractivity contribution >= 4 is 44.5 Å². The molecule has 0 saturated heterocycles. The van der Waals surface area contributed by atoms with Crippen LogP contribution in [0.4, 0.5) is 27.2 Å². The first-order valence-electron chi connectivity index (χ1n) is 25.7. The van der Waals surface area contributed by atoms with Crippen LogP contribution in [-0.4, -0.2) is 84.2 Å². The van der Waals surface area contributed by atoms with E-state index in [1.165, 1.54) is 29.8 Å². The molecule has 2 aliphatic heterocycles. The van der Waals surface area contributed by atoms with Gasteiger partial charge < -0.3 is 57.4 Å². The molecular formula is C58H80ClF4IN4O8Zn. The van der Waals surface area contributed by atoms with E-state index in [4.69, 9.17) is 28.6 Å². The quantitative estimate of drug-likeness (QED) is 0.0293. The summed E-state index contributed by atoms with van der Waals surface area (Å²) in [5.74, 6) is -1.27. The molecule has 19 heteroatoms. The summed E-state index contributed by atoms with van der Waals surface area (Å²) < 4.78 is 78.3. The SMILES string of the molecule is CC(C)(C)Cc1ccc2c(c1)C(NC[C@@H](O)C(Cc1cc(F)cc(F)c1)NC(=O)OC(C)(C)C)CCO2.CC(C)(C)OC(=O)NC(Cc1cc(F)cc(F)c1)[C@H](O)CNC1CCOc2ccc(I)cc21.[CH2-]C(C)(C)C.[Cl][Zn+]. The van der Waals surface area contributed by atoms with E-state index >= 15 is 0 Å².